The molecule has 2 aliphatic rings. The van der Waals surface area contributed by atoms with Crippen molar-refractivity contribution in [2.45, 2.75) is 31.5 Å². The van der Waals surface area contributed by atoms with Crippen LogP contribution in [0.25, 0.3) is 0 Å². The second-order valence-electron chi connectivity index (χ2n) is 6.68. The van der Waals surface area contributed by atoms with Crippen molar-refractivity contribution in [3.05, 3.63) is 45.2 Å². The Morgan fingerprint density at radius 2 is 1.96 bits per heavy atom. The summed E-state index contributed by atoms with van der Waals surface area (Å²) in [5.41, 5.74) is 1.15. The first-order valence-electron chi connectivity index (χ1n) is 9.41. The molecule has 0 saturated carbocycles. The Morgan fingerprint density at radius 3 is 2.67 bits per heavy atom. The quantitative estimate of drug-likeness (QED) is 0.474. The van der Waals surface area contributed by atoms with Crippen LogP contribution in [0.5, 0.6) is 0 Å². The van der Waals surface area contributed by atoms with E-state index < -0.39 is 6.29 Å². The topological polar surface area (TPSA) is 68.2 Å². The minimum absolute atomic E-state index is 0.0681. The van der Waals surface area contributed by atoms with E-state index in [0.717, 1.165) is 12.0 Å². The van der Waals surface area contributed by atoms with Crippen molar-refractivity contribution in [1.82, 2.24) is 4.90 Å². The lowest BCUT2D eigenvalue weighted by Gasteiger charge is -2.33. The third kappa shape index (κ3) is 5.91. The van der Waals surface area contributed by atoms with Gasteiger partial charge in [-0.25, -0.2) is 0 Å². The summed E-state index contributed by atoms with van der Waals surface area (Å²) in [7, 11) is 0. The molecule has 7 heteroatoms. The van der Waals surface area contributed by atoms with Crippen molar-refractivity contribution >= 4 is 28.5 Å². The predicted octanol–water partition coefficient (Wildman–Crippen LogP) is 2.65. The van der Waals surface area contributed by atoms with Gasteiger partial charge < -0.3 is 24.2 Å². The van der Waals surface area contributed by atoms with Crippen LogP contribution in [0.4, 0.5) is 0 Å². The summed E-state index contributed by atoms with van der Waals surface area (Å²) >= 11 is 2.28. The summed E-state index contributed by atoms with van der Waals surface area (Å²) in [6.45, 7) is 2.93. The van der Waals surface area contributed by atoms with Crippen molar-refractivity contribution in [2.24, 2.45) is 0 Å². The molecule has 1 amide bonds. The maximum Gasteiger partial charge on any atom is 0.288 e. The first-order chi connectivity index (χ1) is 13.2. The van der Waals surface area contributed by atoms with Gasteiger partial charge in [0.05, 0.1) is 19.8 Å². The molecule has 0 aromatic heterocycles. The summed E-state index contributed by atoms with van der Waals surface area (Å²) in [5, 5.41) is 8.92. The molecule has 148 valence electrons. The second-order valence-corrected chi connectivity index (χ2v) is 7.92. The number of nitrogens with zero attached hydrogens (tertiary/aromatic N) is 1. The van der Waals surface area contributed by atoms with Gasteiger partial charge in [0.25, 0.3) is 5.91 Å². The number of unbranched alkanes of at least 4 members (excludes halogenated alkanes) is 1. The van der Waals surface area contributed by atoms with Crippen LogP contribution in [0.3, 0.4) is 0 Å². The van der Waals surface area contributed by atoms with Gasteiger partial charge in [0.2, 0.25) is 6.29 Å². The summed E-state index contributed by atoms with van der Waals surface area (Å²) in [4.78, 5) is 14.7. The molecule has 6 nitrogen and oxygen atoms in total. The molecule has 2 heterocycles. The van der Waals surface area contributed by atoms with Crippen LogP contribution in [0, 0.1) is 3.57 Å². The number of aliphatic hydroxyl groups excluding tert-OH is 1. The second kappa shape index (κ2) is 10.4. The molecule has 2 atom stereocenters. The van der Waals surface area contributed by atoms with Crippen LogP contribution in [-0.2, 0) is 19.0 Å². The van der Waals surface area contributed by atoms with E-state index in [9.17, 15) is 4.79 Å². The van der Waals surface area contributed by atoms with E-state index in [2.05, 4.69) is 46.9 Å². The van der Waals surface area contributed by atoms with Gasteiger partial charge in [-0.15, -0.1) is 0 Å². The van der Waals surface area contributed by atoms with Gasteiger partial charge in [0.15, 0.2) is 5.76 Å². The number of halogens is 1. The number of allylic oxidation sites excluding steroid dienone is 1. The normalized spacial score (nSPS) is 22.9. The number of morpholine rings is 1. The van der Waals surface area contributed by atoms with Crippen LogP contribution in [-0.4, -0.2) is 61.7 Å². The van der Waals surface area contributed by atoms with Crippen molar-refractivity contribution in [3.63, 3.8) is 0 Å². The molecule has 27 heavy (non-hydrogen) atoms. The number of carbonyl (C=O) groups excluding carboxylic acids is 1. The van der Waals surface area contributed by atoms with Crippen LogP contribution in [0.2, 0.25) is 0 Å². The van der Waals surface area contributed by atoms with E-state index in [-0.39, 0.29) is 18.4 Å². The lowest BCUT2D eigenvalue weighted by Crippen LogP contribution is -2.43. The number of carbonyl (C=O) groups is 1. The molecule has 1 aromatic carbocycles. The molecule has 2 aliphatic heterocycles. The fourth-order valence-electron chi connectivity index (χ4n) is 3.20. The van der Waals surface area contributed by atoms with Gasteiger partial charge in [-0.2, -0.15) is 0 Å². The number of rotatable bonds is 7. The van der Waals surface area contributed by atoms with E-state index in [1.54, 1.807) is 4.90 Å². The zero-order valence-corrected chi connectivity index (χ0v) is 17.5. The molecule has 0 spiro atoms. The summed E-state index contributed by atoms with van der Waals surface area (Å²) in [5.74, 6) is 0.329. The van der Waals surface area contributed by atoms with Gasteiger partial charge in [-0.05, 0) is 59.2 Å². The predicted molar refractivity (Wildman–Crippen MR) is 109 cm³/mol. The Bertz CT molecular complexity index is 642. The number of aliphatic hydroxyl groups is 1. The summed E-state index contributed by atoms with van der Waals surface area (Å²) in [6, 6.07) is 8.32. The van der Waals surface area contributed by atoms with Crippen LogP contribution >= 0.6 is 22.6 Å². The number of benzene rings is 1. The van der Waals surface area contributed by atoms with Crippen molar-refractivity contribution in [2.75, 3.05) is 39.5 Å². The zero-order valence-electron chi connectivity index (χ0n) is 15.3. The highest BCUT2D eigenvalue weighted by atomic mass is 127. The lowest BCUT2D eigenvalue weighted by molar-refractivity contribution is -0.155. The first-order valence-corrected chi connectivity index (χ1v) is 10.5. The molecule has 0 bridgehead atoms. The molecular formula is C20H26INO5. The third-order valence-electron chi connectivity index (χ3n) is 4.72. The highest BCUT2D eigenvalue weighted by Gasteiger charge is 2.31. The van der Waals surface area contributed by atoms with E-state index in [1.165, 1.54) is 3.57 Å². The molecule has 3 rings (SSSR count). The van der Waals surface area contributed by atoms with E-state index in [4.69, 9.17) is 19.3 Å². The molecule has 0 radical (unpaired) electrons. The Kier molecular flexibility index (Phi) is 7.93. The van der Waals surface area contributed by atoms with Crippen LogP contribution < -0.4 is 0 Å². The average molecular weight is 487 g/mol. The van der Waals surface area contributed by atoms with E-state index >= 15 is 0 Å². The Morgan fingerprint density at radius 1 is 1.22 bits per heavy atom. The van der Waals surface area contributed by atoms with Gasteiger partial charge in [-0.1, -0.05) is 12.1 Å². The fraction of sp³-hybridized carbons (Fsp3) is 0.550. The third-order valence-corrected chi connectivity index (χ3v) is 5.44. The lowest BCUT2D eigenvalue weighted by atomic mass is 9.93. The maximum atomic E-state index is 12.9. The SMILES string of the molecule is O=C(C1=C[C@@H](c2ccc(I)cc2)C[C@@H](OCCCCO)O1)N1CCOCC1. The standard InChI is InChI=1S/C20H26INO5/c21-17-5-3-15(4-6-17)16-13-18(20(24)22-7-11-25-12-8-22)27-19(14-16)26-10-2-1-9-23/h3-6,13,16,19,23H,1-2,7-12,14H2/t16-,19+/m1/s1. The van der Waals surface area contributed by atoms with Crippen molar-refractivity contribution < 1.29 is 24.1 Å². The highest BCUT2D eigenvalue weighted by molar-refractivity contribution is 14.1. The minimum Gasteiger partial charge on any atom is -0.459 e. The number of amides is 1. The Balaban J connectivity index is 1.73. The summed E-state index contributed by atoms with van der Waals surface area (Å²) in [6.07, 6.45) is 3.59. The maximum absolute atomic E-state index is 12.9. The smallest absolute Gasteiger partial charge is 0.288 e. The van der Waals surface area contributed by atoms with Gasteiger partial charge >= 0.3 is 0 Å². The Labute approximate surface area is 173 Å². The molecule has 1 aromatic rings. The molecule has 1 N–H and O–H groups in total. The zero-order chi connectivity index (χ0) is 19.1. The molecular weight excluding hydrogens is 461 g/mol. The van der Waals surface area contributed by atoms with Gasteiger partial charge in [0, 0.05) is 35.6 Å². The average Bonchev–Trinajstić information content (AvgIpc) is 2.71. The summed E-state index contributed by atoms with van der Waals surface area (Å²) < 4.78 is 18.3. The minimum atomic E-state index is -0.460. The van der Waals surface area contributed by atoms with Crippen LogP contribution in [0.15, 0.2) is 36.1 Å². The molecule has 1 fully saturated rings. The Hall–Kier alpha value is -1.16. The van der Waals surface area contributed by atoms with Crippen LogP contribution in [0.1, 0.15) is 30.7 Å². The number of hydrogen-bond donors (Lipinski definition) is 1. The monoisotopic (exact) mass is 487 g/mol. The van der Waals surface area contributed by atoms with Gasteiger partial charge in [-0.3, -0.25) is 4.79 Å². The fourth-order valence-corrected chi connectivity index (χ4v) is 3.56. The van der Waals surface area contributed by atoms with E-state index in [1.807, 2.05) is 6.08 Å². The molecule has 1 saturated heterocycles. The molecule has 0 unspecified atom stereocenters. The molecule has 0 aliphatic carbocycles. The number of hydrogen-bond acceptors (Lipinski definition) is 5. The van der Waals surface area contributed by atoms with E-state index in [0.29, 0.717) is 51.5 Å². The van der Waals surface area contributed by atoms with Crippen molar-refractivity contribution in [1.29, 1.82) is 0 Å². The van der Waals surface area contributed by atoms with Gasteiger partial charge in [0.1, 0.15) is 0 Å². The van der Waals surface area contributed by atoms with Crippen molar-refractivity contribution in [3.8, 4) is 0 Å². The highest BCUT2D eigenvalue weighted by Crippen LogP contribution is 2.32. The first kappa shape index (κ1) is 20.6. The largest absolute Gasteiger partial charge is 0.459 e. The number of ether oxygens (including phenoxy) is 3.